The van der Waals surface area contributed by atoms with Gasteiger partial charge >= 0.3 is 11.9 Å². The Morgan fingerprint density at radius 3 is 1.52 bits per heavy atom. The van der Waals surface area contributed by atoms with E-state index in [4.69, 9.17) is 18.9 Å². The summed E-state index contributed by atoms with van der Waals surface area (Å²) in [4.78, 5) is 25.3. The van der Waals surface area contributed by atoms with Crippen LogP contribution < -0.4 is 0 Å². The molecule has 1 fully saturated rings. The van der Waals surface area contributed by atoms with Crippen LogP contribution in [0, 0.1) is 0 Å². The Hall–Kier alpha value is -2.86. The molecule has 0 aromatic carbocycles. The number of esters is 2. The minimum atomic E-state index is -1.61. The van der Waals surface area contributed by atoms with Crippen molar-refractivity contribution < 1.29 is 49.0 Å². The SMILES string of the molecule is CCCC/C=C/C/C=C/CCCCCCCC(=O)O[C@@H](COC(=O)CCCCC/C=C/C/C=C/C/C=C/C/C=C/CCCCC)CO[C@H]1O[C@@H](CO)[C@@H](O)C(O)C1O. The van der Waals surface area contributed by atoms with Gasteiger partial charge in [0.1, 0.15) is 31.0 Å². The summed E-state index contributed by atoms with van der Waals surface area (Å²) in [7, 11) is 0. The number of hydrogen-bond acceptors (Lipinski definition) is 10. The Morgan fingerprint density at radius 2 is 0.983 bits per heavy atom. The van der Waals surface area contributed by atoms with Gasteiger partial charge in [-0.05, 0) is 83.5 Å². The van der Waals surface area contributed by atoms with Crippen LogP contribution in [0.2, 0.25) is 0 Å². The van der Waals surface area contributed by atoms with Gasteiger partial charge in [0, 0.05) is 12.8 Å². The largest absolute Gasteiger partial charge is 0.462 e. The second-order valence-corrected chi connectivity index (χ2v) is 15.1. The number of allylic oxidation sites excluding steroid dienone is 12. The lowest BCUT2D eigenvalue weighted by atomic mass is 9.99. The Bertz CT molecular complexity index is 1170. The predicted octanol–water partition coefficient (Wildman–Crippen LogP) is 9.61. The zero-order valence-electron chi connectivity index (χ0n) is 36.0. The quantitative estimate of drug-likeness (QED) is 0.0273. The molecule has 0 saturated carbocycles. The van der Waals surface area contributed by atoms with E-state index in [2.05, 4.69) is 86.8 Å². The van der Waals surface area contributed by atoms with E-state index in [0.29, 0.717) is 12.8 Å². The smallest absolute Gasteiger partial charge is 0.306 e. The van der Waals surface area contributed by atoms with E-state index in [1.807, 2.05) is 0 Å². The Balaban J connectivity index is 2.37. The number of aliphatic hydroxyl groups is 4. The monoisotopic (exact) mass is 817 g/mol. The minimum Gasteiger partial charge on any atom is -0.462 e. The van der Waals surface area contributed by atoms with Crippen molar-refractivity contribution in [2.45, 2.75) is 198 Å². The molecule has 0 aliphatic carbocycles. The molecule has 332 valence electrons. The fourth-order valence-electron chi connectivity index (χ4n) is 6.19. The first-order valence-electron chi connectivity index (χ1n) is 22.5. The number of rotatable bonds is 36. The van der Waals surface area contributed by atoms with Crippen molar-refractivity contribution >= 4 is 11.9 Å². The molecule has 1 heterocycles. The third-order valence-corrected chi connectivity index (χ3v) is 9.81. The third kappa shape index (κ3) is 29.4. The van der Waals surface area contributed by atoms with Crippen molar-refractivity contribution in [2.75, 3.05) is 19.8 Å². The number of hydrogen-bond donors (Lipinski definition) is 4. The fourth-order valence-corrected chi connectivity index (χ4v) is 6.19. The normalized spacial score (nSPS) is 20.8. The maximum atomic E-state index is 12.8. The van der Waals surface area contributed by atoms with E-state index >= 15 is 0 Å². The average Bonchev–Trinajstić information content (AvgIpc) is 3.22. The van der Waals surface area contributed by atoms with Gasteiger partial charge in [-0.3, -0.25) is 9.59 Å². The van der Waals surface area contributed by atoms with Gasteiger partial charge in [0.15, 0.2) is 12.4 Å². The van der Waals surface area contributed by atoms with Crippen LogP contribution in [0.15, 0.2) is 72.9 Å². The van der Waals surface area contributed by atoms with Crippen molar-refractivity contribution in [1.82, 2.24) is 0 Å². The molecule has 10 heteroatoms. The summed E-state index contributed by atoms with van der Waals surface area (Å²) in [6.07, 6.45) is 40.4. The highest BCUT2D eigenvalue weighted by Crippen LogP contribution is 2.22. The summed E-state index contributed by atoms with van der Waals surface area (Å²) in [5, 5.41) is 40.1. The van der Waals surface area contributed by atoms with Crippen molar-refractivity contribution in [1.29, 1.82) is 0 Å². The van der Waals surface area contributed by atoms with E-state index < -0.39 is 55.4 Å². The van der Waals surface area contributed by atoms with E-state index in [1.165, 1.54) is 38.5 Å². The zero-order chi connectivity index (χ0) is 42.3. The van der Waals surface area contributed by atoms with Gasteiger partial charge < -0.3 is 39.4 Å². The van der Waals surface area contributed by atoms with Crippen molar-refractivity contribution in [3.05, 3.63) is 72.9 Å². The molecule has 0 bridgehead atoms. The molecule has 0 spiro atoms. The molecule has 0 radical (unpaired) electrons. The van der Waals surface area contributed by atoms with E-state index in [0.717, 1.165) is 83.5 Å². The molecule has 0 amide bonds. The Kier molecular flexibility index (Phi) is 35.1. The van der Waals surface area contributed by atoms with Gasteiger partial charge in [-0.25, -0.2) is 0 Å². The van der Waals surface area contributed by atoms with E-state index in [-0.39, 0.29) is 26.1 Å². The van der Waals surface area contributed by atoms with Gasteiger partial charge in [-0.2, -0.15) is 0 Å². The molecule has 10 nitrogen and oxygen atoms in total. The van der Waals surface area contributed by atoms with Gasteiger partial charge in [-0.15, -0.1) is 0 Å². The number of aliphatic hydroxyl groups excluding tert-OH is 4. The van der Waals surface area contributed by atoms with E-state index in [1.54, 1.807) is 0 Å². The lowest BCUT2D eigenvalue weighted by Crippen LogP contribution is -2.59. The second-order valence-electron chi connectivity index (χ2n) is 15.1. The summed E-state index contributed by atoms with van der Waals surface area (Å²) in [6, 6.07) is 0. The number of unbranched alkanes of at least 4 members (excludes halogenated alkanes) is 13. The average molecular weight is 817 g/mol. The standard InChI is InChI=1S/C48H80O10/c1-3-5-7-9-11-13-15-17-19-20-21-22-23-25-26-28-30-32-34-36-43(50)55-39-41(40-56-48-47(54)46(53)45(52)42(38-49)58-48)57-44(51)37-35-33-31-29-27-24-18-16-14-12-10-8-6-4-2/h10-13,16-19,21-22,25-26,41-42,45-49,52-54H,3-9,14-15,20,23-24,27-40H2,1-2H3/b12-10+,13-11+,18-16+,19-17+,22-21+,26-25+/t41-,42-,45+,46?,47?,48-/m0/s1. The number of ether oxygens (including phenoxy) is 4. The summed E-state index contributed by atoms with van der Waals surface area (Å²) < 4.78 is 22.1. The summed E-state index contributed by atoms with van der Waals surface area (Å²) in [5.41, 5.74) is 0. The molecule has 1 aliphatic heterocycles. The topological polar surface area (TPSA) is 152 Å². The molecular weight excluding hydrogens is 737 g/mol. The molecule has 58 heavy (non-hydrogen) atoms. The van der Waals surface area contributed by atoms with E-state index in [9.17, 15) is 30.0 Å². The maximum absolute atomic E-state index is 12.8. The number of carbonyl (C=O) groups is 2. The number of carbonyl (C=O) groups excluding carboxylic acids is 2. The first-order chi connectivity index (χ1) is 28.3. The van der Waals surface area contributed by atoms with Crippen LogP contribution in [0.3, 0.4) is 0 Å². The summed E-state index contributed by atoms with van der Waals surface area (Å²) in [6.45, 7) is 3.29. The Labute approximate surface area is 351 Å². The molecule has 2 unspecified atom stereocenters. The summed E-state index contributed by atoms with van der Waals surface area (Å²) >= 11 is 0. The second kappa shape index (κ2) is 38.3. The van der Waals surface area contributed by atoms with Crippen molar-refractivity contribution in [3.8, 4) is 0 Å². The lowest BCUT2D eigenvalue weighted by Gasteiger charge is -2.39. The van der Waals surface area contributed by atoms with Crippen LogP contribution in [-0.4, -0.2) is 89.0 Å². The van der Waals surface area contributed by atoms with Gasteiger partial charge in [-0.1, -0.05) is 138 Å². The van der Waals surface area contributed by atoms with Crippen LogP contribution in [0.25, 0.3) is 0 Å². The molecule has 1 saturated heterocycles. The van der Waals surface area contributed by atoms with Crippen LogP contribution in [0.1, 0.15) is 162 Å². The minimum absolute atomic E-state index is 0.203. The highest BCUT2D eigenvalue weighted by molar-refractivity contribution is 5.70. The Morgan fingerprint density at radius 1 is 0.534 bits per heavy atom. The third-order valence-electron chi connectivity index (χ3n) is 9.81. The lowest BCUT2D eigenvalue weighted by molar-refractivity contribution is -0.305. The summed E-state index contributed by atoms with van der Waals surface area (Å²) in [5.74, 6) is -0.866. The van der Waals surface area contributed by atoms with Crippen LogP contribution >= 0.6 is 0 Å². The first-order valence-corrected chi connectivity index (χ1v) is 22.5. The highest BCUT2D eigenvalue weighted by atomic mass is 16.7. The molecule has 1 aliphatic rings. The van der Waals surface area contributed by atoms with Gasteiger partial charge in [0.25, 0.3) is 0 Å². The molecule has 0 aromatic heterocycles. The van der Waals surface area contributed by atoms with Crippen molar-refractivity contribution in [3.63, 3.8) is 0 Å². The molecule has 0 aromatic rings. The molecular formula is C48H80O10. The van der Waals surface area contributed by atoms with Crippen LogP contribution in [0.5, 0.6) is 0 Å². The maximum Gasteiger partial charge on any atom is 0.306 e. The zero-order valence-corrected chi connectivity index (χ0v) is 36.0. The predicted molar refractivity (Wildman–Crippen MR) is 233 cm³/mol. The van der Waals surface area contributed by atoms with Crippen LogP contribution in [-0.2, 0) is 28.5 Å². The van der Waals surface area contributed by atoms with Gasteiger partial charge in [0.2, 0.25) is 0 Å². The molecule has 6 atom stereocenters. The van der Waals surface area contributed by atoms with Crippen LogP contribution in [0.4, 0.5) is 0 Å². The van der Waals surface area contributed by atoms with Crippen molar-refractivity contribution in [2.24, 2.45) is 0 Å². The first kappa shape index (κ1) is 53.2. The molecule has 1 rings (SSSR count). The highest BCUT2D eigenvalue weighted by Gasteiger charge is 2.44. The van der Waals surface area contributed by atoms with Gasteiger partial charge in [0.05, 0.1) is 13.2 Å². The molecule has 4 N–H and O–H groups in total. The fraction of sp³-hybridized carbons (Fsp3) is 0.708.